The molecule has 0 spiro atoms. The zero-order valence-corrected chi connectivity index (χ0v) is 10.3. The molecule has 90 valence electrons. The standard InChI is InChI=1S/C13H21FN2/c1-4-16(5-2)13-8-6-7-12(14)11(13)9-10(3)15/h6-8,10H,4-5,9,15H2,1-3H3. The third kappa shape index (κ3) is 2.95. The molecular formula is C13H21FN2. The van der Waals surface area contributed by atoms with Crippen molar-refractivity contribution < 1.29 is 4.39 Å². The molecule has 0 amide bonds. The molecule has 0 heterocycles. The van der Waals surface area contributed by atoms with Crippen molar-refractivity contribution in [1.29, 1.82) is 0 Å². The van der Waals surface area contributed by atoms with Crippen LogP contribution < -0.4 is 10.6 Å². The molecular weight excluding hydrogens is 203 g/mol. The Hall–Kier alpha value is -1.09. The van der Waals surface area contributed by atoms with Crippen molar-refractivity contribution in [1.82, 2.24) is 0 Å². The zero-order valence-electron chi connectivity index (χ0n) is 10.3. The Morgan fingerprint density at radius 2 is 1.94 bits per heavy atom. The average molecular weight is 224 g/mol. The minimum Gasteiger partial charge on any atom is -0.372 e. The fourth-order valence-corrected chi connectivity index (χ4v) is 1.93. The lowest BCUT2D eigenvalue weighted by Crippen LogP contribution is -2.26. The molecule has 1 aromatic carbocycles. The Balaban J connectivity index is 3.11. The number of nitrogens with two attached hydrogens (primary N) is 1. The molecule has 1 atom stereocenters. The Kier molecular flexibility index (Phi) is 4.74. The lowest BCUT2D eigenvalue weighted by atomic mass is 10.0. The van der Waals surface area contributed by atoms with Crippen LogP contribution in [0.4, 0.5) is 10.1 Å². The van der Waals surface area contributed by atoms with Crippen LogP contribution in [0.25, 0.3) is 0 Å². The molecule has 0 aliphatic carbocycles. The van der Waals surface area contributed by atoms with Crippen molar-refractivity contribution >= 4 is 5.69 Å². The Morgan fingerprint density at radius 3 is 2.44 bits per heavy atom. The molecule has 2 N–H and O–H groups in total. The molecule has 0 bridgehead atoms. The maximum Gasteiger partial charge on any atom is 0.128 e. The summed E-state index contributed by atoms with van der Waals surface area (Å²) < 4.78 is 13.8. The first-order valence-electron chi connectivity index (χ1n) is 5.88. The average Bonchev–Trinajstić information content (AvgIpc) is 2.24. The molecule has 16 heavy (non-hydrogen) atoms. The van der Waals surface area contributed by atoms with Crippen molar-refractivity contribution in [3.63, 3.8) is 0 Å². The Bertz CT molecular complexity index is 333. The van der Waals surface area contributed by atoms with Crippen molar-refractivity contribution in [3.05, 3.63) is 29.6 Å². The first-order valence-corrected chi connectivity index (χ1v) is 5.88. The molecule has 2 nitrogen and oxygen atoms in total. The highest BCUT2D eigenvalue weighted by molar-refractivity contribution is 5.54. The number of hydrogen-bond donors (Lipinski definition) is 1. The number of rotatable bonds is 5. The van der Waals surface area contributed by atoms with Crippen LogP contribution in [-0.4, -0.2) is 19.1 Å². The van der Waals surface area contributed by atoms with Gasteiger partial charge in [0.05, 0.1) is 0 Å². The summed E-state index contributed by atoms with van der Waals surface area (Å²) in [4.78, 5) is 2.15. The van der Waals surface area contributed by atoms with Crippen LogP contribution in [0.3, 0.4) is 0 Å². The van der Waals surface area contributed by atoms with Crippen LogP contribution >= 0.6 is 0 Å². The second kappa shape index (κ2) is 5.85. The highest BCUT2D eigenvalue weighted by atomic mass is 19.1. The van der Waals surface area contributed by atoms with E-state index in [0.29, 0.717) is 6.42 Å². The van der Waals surface area contributed by atoms with E-state index in [4.69, 9.17) is 5.73 Å². The number of nitrogens with zero attached hydrogens (tertiary/aromatic N) is 1. The van der Waals surface area contributed by atoms with Gasteiger partial charge in [0, 0.05) is 30.4 Å². The fraction of sp³-hybridized carbons (Fsp3) is 0.538. The fourth-order valence-electron chi connectivity index (χ4n) is 1.93. The van der Waals surface area contributed by atoms with Gasteiger partial charge in [-0.2, -0.15) is 0 Å². The molecule has 1 rings (SSSR count). The summed E-state index contributed by atoms with van der Waals surface area (Å²) in [5.74, 6) is -0.151. The summed E-state index contributed by atoms with van der Waals surface area (Å²) in [7, 11) is 0. The van der Waals surface area contributed by atoms with Crippen LogP contribution in [0, 0.1) is 5.82 Å². The molecule has 0 fully saturated rings. The molecule has 0 aliphatic rings. The molecule has 1 unspecified atom stereocenters. The van der Waals surface area contributed by atoms with Gasteiger partial charge in [-0.1, -0.05) is 6.07 Å². The third-order valence-corrected chi connectivity index (χ3v) is 2.72. The van der Waals surface area contributed by atoms with Gasteiger partial charge in [-0.3, -0.25) is 0 Å². The summed E-state index contributed by atoms with van der Waals surface area (Å²) in [6.07, 6.45) is 0.582. The topological polar surface area (TPSA) is 29.3 Å². The quantitative estimate of drug-likeness (QED) is 0.833. The molecule has 0 radical (unpaired) electrons. The molecule has 3 heteroatoms. The van der Waals surface area contributed by atoms with Crippen molar-refractivity contribution in [2.24, 2.45) is 5.73 Å². The summed E-state index contributed by atoms with van der Waals surface area (Å²) in [5.41, 5.74) is 7.47. The van der Waals surface area contributed by atoms with Gasteiger partial charge in [0.1, 0.15) is 5.82 Å². The van der Waals surface area contributed by atoms with Gasteiger partial charge >= 0.3 is 0 Å². The summed E-state index contributed by atoms with van der Waals surface area (Å²) in [5, 5.41) is 0. The van der Waals surface area contributed by atoms with E-state index in [1.54, 1.807) is 6.07 Å². The molecule has 0 saturated heterocycles. The summed E-state index contributed by atoms with van der Waals surface area (Å²) in [6, 6.07) is 5.21. The summed E-state index contributed by atoms with van der Waals surface area (Å²) in [6.45, 7) is 7.81. The lowest BCUT2D eigenvalue weighted by molar-refractivity contribution is 0.594. The molecule has 0 aromatic heterocycles. The number of halogens is 1. The maximum atomic E-state index is 13.8. The van der Waals surface area contributed by atoms with E-state index in [0.717, 1.165) is 24.3 Å². The molecule has 0 aliphatic heterocycles. The third-order valence-electron chi connectivity index (χ3n) is 2.72. The highest BCUT2D eigenvalue weighted by Gasteiger charge is 2.13. The van der Waals surface area contributed by atoms with Gasteiger partial charge in [-0.15, -0.1) is 0 Å². The van der Waals surface area contributed by atoms with E-state index in [1.807, 2.05) is 13.0 Å². The van der Waals surface area contributed by atoms with Crippen LogP contribution in [0.2, 0.25) is 0 Å². The molecule has 1 aromatic rings. The highest BCUT2D eigenvalue weighted by Crippen LogP contribution is 2.24. The number of benzene rings is 1. The van der Waals surface area contributed by atoms with Crippen molar-refractivity contribution in [2.75, 3.05) is 18.0 Å². The van der Waals surface area contributed by atoms with Crippen molar-refractivity contribution in [3.8, 4) is 0 Å². The second-order valence-corrected chi connectivity index (χ2v) is 4.09. The lowest BCUT2D eigenvalue weighted by Gasteiger charge is -2.25. The Morgan fingerprint density at radius 1 is 1.31 bits per heavy atom. The van der Waals surface area contributed by atoms with Gasteiger partial charge < -0.3 is 10.6 Å². The SMILES string of the molecule is CCN(CC)c1cccc(F)c1CC(C)N. The van der Waals surface area contributed by atoms with Gasteiger partial charge in [-0.25, -0.2) is 4.39 Å². The first-order chi connectivity index (χ1) is 7.60. The maximum absolute atomic E-state index is 13.8. The smallest absolute Gasteiger partial charge is 0.128 e. The van der Waals surface area contributed by atoms with E-state index >= 15 is 0 Å². The van der Waals surface area contributed by atoms with Crippen LogP contribution in [0.1, 0.15) is 26.3 Å². The van der Waals surface area contributed by atoms with E-state index in [2.05, 4.69) is 18.7 Å². The van der Waals surface area contributed by atoms with Crippen molar-refractivity contribution in [2.45, 2.75) is 33.2 Å². The van der Waals surface area contributed by atoms with Gasteiger partial charge in [0.15, 0.2) is 0 Å². The normalized spacial score (nSPS) is 12.6. The minimum atomic E-state index is -0.151. The summed E-state index contributed by atoms with van der Waals surface area (Å²) >= 11 is 0. The van der Waals surface area contributed by atoms with E-state index in [9.17, 15) is 4.39 Å². The predicted octanol–water partition coefficient (Wildman–Crippen LogP) is 2.56. The van der Waals surface area contributed by atoms with E-state index < -0.39 is 0 Å². The molecule has 0 saturated carbocycles. The van der Waals surface area contributed by atoms with Gasteiger partial charge in [0.2, 0.25) is 0 Å². The number of anilines is 1. The number of hydrogen-bond acceptors (Lipinski definition) is 2. The Labute approximate surface area is 97.3 Å². The van der Waals surface area contributed by atoms with E-state index in [1.165, 1.54) is 6.07 Å². The van der Waals surface area contributed by atoms with E-state index in [-0.39, 0.29) is 11.9 Å². The monoisotopic (exact) mass is 224 g/mol. The zero-order chi connectivity index (χ0) is 12.1. The largest absolute Gasteiger partial charge is 0.372 e. The van der Waals surface area contributed by atoms with Crippen LogP contribution in [0.15, 0.2) is 18.2 Å². The second-order valence-electron chi connectivity index (χ2n) is 4.09. The van der Waals surface area contributed by atoms with Gasteiger partial charge in [-0.05, 0) is 39.3 Å². The first kappa shape index (κ1) is 13.0. The van der Waals surface area contributed by atoms with Gasteiger partial charge in [0.25, 0.3) is 0 Å². The predicted molar refractivity (Wildman–Crippen MR) is 67.3 cm³/mol. The van der Waals surface area contributed by atoms with Crippen LogP contribution in [0.5, 0.6) is 0 Å². The minimum absolute atomic E-state index is 0.0220. The van der Waals surface area contributed by atoms with Crippen LogP contribution in [-0.2, 0) is 6.42 Å².